The van der Waals surface area contributed by atoms with E-state index >= 15 is 0 Å². The van der Waals surface area contributed by atoms with Crippen molar-refractivity contribution in [3.8, 4) is 17.4 Å². The van der Waals surface area contributed by atoms with Crippen LogP contribution in [0.2, 0.25) is 5.15 Å². The first-order valence-corrected chi connectivity index (χ1v) is 8.10. The maximum Gasteiger partial charge on any atom is 0.573 e. The Balaban J connectivity index is 1.73. The minimum Gasteiger partial charge on any atom is -0.439 e. The van der Waals surface area contributed by atoms with Crippen LogP contribution in [0.4, 0.5) is 13.2 Å². The fraction of sp³-hybridized carbons (Fsp3) is 0.0556. The van der Waals surface area contributed by atoms with Crippen LogP contribution < -0.4 is 14.1 Å². The normalized spacial score (nSPS) is 11.0. The summed E-state index contributed by atoms with van der Waals surface area (Å²) in [5.41, 5.74) is 4.01. The highest BCUT2D eigenvalue weighted by atomic mass is 35.5. The summed E-state index contributed by atoms with van der Waals surface area (Å²) in [5.74, 6) is -0.821. The molecule has 0 spiro atoms. The smallest absolute Gasteiger partial charge is 0.439 e. The Kier molecular flexibility index (Phi) is 5.65. The molecule has 0 radical (unpaired) electrons. The number of carbonyl (C=O) groups excluding carboxylic acids is 1. The molecule has 3 aromatic rings. The molecule has 0 saturated carbocycles. The largest absolute Gasteiger partial charge is 0.573 e. The van der Waals surface area contributed by atoms with E-state index < -0.39 is 18.0 Å². The lowest BCUT2D eigenvalue weighted by Gasteiger charge is -2.13. The van der Waals surface area contributed by atoms with Gasteiger partial charge in [0.15, 0.2) is 12.4 Å². The Hall–Kier alpha value is -3.33. The highest BCUT2D eigenvalue weighted by Gasteiger charge is 2.31. The molecule has 28 heavy (non-hydrogen) atoms. The maximum absolute atomic E-state index is 12.3. The van der Waals surface area contributed by atoms with Gasteiger partial charge in [0.2, 0.25) is 5.88 Å². The number of carbonyl (C=O) groups is 1. The molecule has 0 atom stereocenters. The minimum absolute atomic E-state index is 0.00821. The van der Waals surface area contributed by atoms with Crippen molar-refractivity contribution in [2.75, 3.05) is 0 Å². The summed E-state index contributed by atoms with van der Waals surface area (Å²) < 4.78 is 47.1. The van der Waals surface area contributed by atoms with Crippen LogP contribution in [0.5, 0.6) is 17.4 Å². The van der Waals surface area contributed by atoms with Gasteiger partial charge in [-0.15, -0.1) is 13.2 Å². The number of nitrogens with zero attached hydrogens (tertiary/aromatic N) is 3. The molecule has 0 N–H and O–H groups in total. The average Bonchev–Trinajstić information content (AvgIpc) is 2.62. The van der Waals surface area contributed by atoms with E-state index in [1.807, 2.05) is 0 Å². The number of ether oxygens (including phenoxy) is 2. The molecule has 0 bridgehead atoms. The van der Waals surface area contributed by atoms with E-state index in [-0.39, 0.29) is 22.3 Å². The molecule has 1 amide bonds. The summed E-state index contributed by atoms with van der Waals surface area (Å²) in [6.45, 7) is 0. The van der Waals surface area contributed by atoms with Crippen molar-refractivity contribution in [2.24, 2.45) is 0 Å². The molecule has 2 aromatic heterocycles. The van der Waals surface area contributed by atoms with Crippen LogP contribution in [0, 0.1) is 0 Å². The number of hydrogen-bond acceptors (Lipinski definition) is 4. The molecule has 2 heterocycles. The summed E-state index contributed by atoms with van der Waals surface area (Å²) in [4.78, 5) is 16.2. The predicted molar refractivity (Wildman–Crippen MR) is 92.2 cm³/mol. The zero-order valence-corrected chi connectivity index (χ0v) is 14.7. The fourth-order valence-corrected chi connectivity index (χ4v) is 2.30. The molecule has 0 saturated heterocycles. The van der Waals surface area contributed by atoms with Gasteiger partial charge >= 0.3 is 6.36 Å². The number of alkyl halides is 3. The molecule has 144 valence electrons. The van der Waals surface area contributed by atoms with Gasteiger partial charge in [0.05, 0.1) is 0 Å². The monoisotopic (exact) mass is 409 g/mol. The first kappa shape index (κ1) is 19.4. The lowest BCUT2D eigenvalue weighted by molar-refractivity contribution is -0.617. The number of amides is 1. The van der Waals surface area contributed by atoms with Gasteiger partial charge in [0.1, 0.15) is 22.6 Å². The van der Waals surface area contributed by atoms with Gasteiger partial charge in [-0.3, -0.25) is 0 Å². The van der Waals surface area contributed by atoms with Crippen molar-refractivity contribution in [3.05, 3.63) is 83.1 Å². The van der Waals surface area contributed by atoms with Gasteiger partial charge < -0.3 is 19.7 Å². The van der Waals surface area contributed by atoms with E-state index in [1.165, 1.54) is 28.9 Å². The molecule has 0 aliphatic carbocycles. The minimum atomic E-state index is -4.79. The number of benzene rings is 1. The van der Waals surface area contributed by atoms with E-state index in [0.29, 0.717) is 0 Å². The fourth-order valence-electron chi connectivity index (χ4n) is 2.10. The van der Waals surface area contributed by atoms with E-state index in [2.05, 4.69) is 15.1 Å². The van der Waals surface area contributed by atoms with Gasteiger partial charge in [-0.25, -0.2) is 9.66 Å². The number of pyridine rings is 2. The maximum atomic E-state index is 12.3. The summed E-state index contributed by atoms with van der Waals surface area (Å²) in [7, 11) is 0. The third-order valence-electron chi connectivity index (χ3n) is 3.20. The van der Waals surface area contributed by atoms with Crippen molar-refractivity contribution >= 4 is 17.5 Å². The number of halogens is 4. The zero-order chi connectivity index (χ0) is 20.1. The summed E-state index contributed by atoms with van der Waals surface area (Å²) in [5, 5.41) is -0.00821. The molecule has 0 fully saturated rings. The Morgan fingerprint density at radius 3 is 2.32 bits per heavy atom. The number of hydrogen-bond donors (Lipinski definition) is 0. The third-order valence-corrected chi connectivity index (χ3v) is 3.40. The first-order valence-electron chi connectivity index (χ1n) is 7.72. The molecule has 3 rings (SSSR count). The molecule has 0 aliphatic heterocycles. The van der Waals surface area contributed by atoms with Crippen LogP contribution in [0.25, 0.3) is 5.43 Å². The van der Waals surface area contributed by atoms with Crippen LogP contribution in [-0.2, 0) is 0 Å². The van der Waals surface area contributed by atoms with Crippen LogP contribution in [-0.4, -0.2) is 17.3 Å². The molecule has 0 aliphatic rings. The van der Waals surface area contributed by atoms with Crippen LogP contribution >= 0.6 is 11.6 Å². The van der Waals surface area contributed by atoms with Gasteiger partial charge in [-0.05, 0) is 30.3 Å². The van der Waals surface area contributed by atoms with Gasteiger partial charge in [0.25, 0.3) is 0 Å². The summed E-state index contributed by atoms with van der Waals surface area (Å²) in [6, 6.07) is 12.5. The Labute approximate surface area is 162 Å². The van der Waals surface area contributed by atoms with E-state index in [9.17, 15) is 18.0 Å². The standard InChI is InChI=1S/C18H11ClF3N3O3/c19-15-10-12(17(26)24-25-8-2-1-3-9-25)11-16(23-15)27-13-4-6-14(7-5-13)28-18(20,21)22/h1-11H. The van der Waals surface area contributed by atoms with Crippen molar-refractivity contribution < 1.29 is 32.1 Å². The van der Waals surface area contributed by atoms with Gasteiger partial charge in [-0.2, -0.15) is 0 Å². The van der Waals surface area contributed by atoms with Crippen molar-refractivity contribution in [2.45, 2.75) is 6.36 Å². The lowest BCUT2D eigenvalue weighted by Crippen LogP contribution is -2.30. The highest BCUT2D eigenvalue weighted by Crippen LogP contribution is 2.28. The SMILES string of the molecule is O=C([N-][n+]1ccccc1)c1cc(Cl)nc(Oc2ccc(OC(F)(F)F)cc2)c1. The van der Waals surface area contributed by atoms with Gasteiger partial charge in [-0.1, -0.05) is 17.7 Å². The van der Waals surface area contributed by atoms with Crippen molar-refractivity contribution in [1.82, 2.24) is 4.98 Å². The summed E-state index contributed by atoms with van der Waals surface area (Å²) in [6.07, 6.45) is -1.61. The molecule has 0 unspecified atom stereocenters. The van der Waals surface area contributed by atoms with Crippen LogP contribution in [0.1, 0.15) is 10.4 Å². The predicted octanol–water partition coefficient (Wildman–Crippen LogP) is 4.69. The second kappa shape index (κ2) is 8.13. The highest BCUT2D eigenvalue weighted by molar-refractivity contribution is 6.29. The Morgan fingerprint density at radius 1 is 1.04 bits per heavy atom. The second-order valence-corrected chi connectivity index (χ2v) is 5.69. The molecule has 6 nitrogen and oxygen atoms in total. The van der Waals surface area contributed by atoms with Crippen molar-refractivity contribution in [1.29, 1.82) is 0 Å². The van der Waals surface area contributed by atoms with Gasteiger partial charge in [0, 0.05) is 23.8 Å². The number of rotatable bonds is 5. The molecule has 1 aromatic carbocycles. The quantitative estimate of drug-likeness (QED) is 0.453. The van der Waals surface area contributed by atoms with Crippen LogP contribution in [0.15, 0.2) is 67.0 Å². The first-order chi connectivity index (χ1) is 13.3. The van der Waals surface area contributed by atoms with E-state index in [4.69, 9.17) is 16.3 Å². The topological polar surface area (TPSA) is 66.4 Å². The Morgan fingerprint density at radius 2 is 1.68 bits per heavy atom. The van der Waals surface area contributed by atoms with Crippen LogP contribution in [0.3, 0.4) is 0 Å². The molecular formula is C18H11ClF3N3O3. The third kappa shape index (κ3) is 5.58. The lowest BCUT2D eigenvalue weighted by atomic mass is 10.2. The average molecular weight is 410 g/mol. The molecule has 10 heteroatoms. The summed E-state index contributed by atoms with van der Waals surface area (Å²) >= 11 is 5.92. The number of aromatic nitrogens is 2. The van der Waals surface area contributed by atoms with E-state index in [1.54, 1.807) is 30.6 Å². The van der Waals surface area contributed by atoms with E-state index in [0.717, 1.165) is 12.1 Å². The molecular weight excluding hydrogens is 399 g/mol. The second-order valence-electron chi connectivity index (χ2n) is 5.30. The Bertz CT molecular complexity index is 967. The zero-order valence-electron chi connectivity index (χ0n) is 13.9. The van der Waals surface area contributed by atoms with Crippen molar-refractivity contribution in [3.63, 3.8) is 0 Å².